The first-order valence-electron chi connectivity index (χ1n) is 4.36. The number of hydrogen-bond donors (Lipinski definition) is 3. The number of phenols is 2. The minimum Gasteiger partial charge on any atom is -0.504 e. The zero-order valence-electron chi connectivity index (χ0n) is 8.01. The molecule has 0 aliphatic rings. The number of nitrogens with two attached hydrogens (primary N) is 1. The molecule has 84 valence electrons. The molecule has 0 fully saturated rings. The van der Waals surface area contributed by atoms with Crippen LogP contribution in [0.1, 0.15) is 5.89 Å². The first-order chi connectivity index (χ1) is 7.61. The van der Waals surface area contributed by atoms with Gasteiger partial charge in [-0.1, -0.05) is 21.1 Å². The van der Waals surface area contributed by atoms with Crippen LogP contribution in [-0.2, 0) is 6.54 Å². The van der Waals surface area contributed by atoms with Gasteiger partial charge in [0.15, 0.2) is 11.5 Å². The Labute approximate surface area is 98.8 Å². The summed E-state index contributed by atoms with van der Waals surface area (Å²) in [4.78, 5) is 3.95. The maximum Gasteiger partial charge on any atom is 0.240 e. The van der Waals surface area contributed by atoms with Crippen molar-refractivity contribution in [2.75, 3.05) is 0 Å². The summed E-state index contributed by atoms with van der Waals surface area (Å²) in [6.45, 7) is 0.119. The van der Waals surface area contributed by atoms with Crippen molar-refractivity contribution in [3.8, 4) is 22.9 Å². The summed E-state index contributed by atoms with van der Waals surface area (Å²) in [5.74, 6) is -0.125. The average Bonchev–Trinajstić information content (AvgIpc) is 2.71. The number of aromatic nitrogens is 2. The van der Waals surface area contributed by atoms with E-state index in [1.165, 1.54) is 6.07 Å². The van der Waals surface area contributed by atoms with Crippen molar-refractivity contribution in [3.63, 3.8) is 0 Å². The zero-order valence-corrected chi connectivity index (χ0v) is 9.60. The lowest BCUT2D eigenvalue weighted by Gasteiger charge is -2.02. The molecule has 0 aliphatic heterocycles. The molecule has 0 atom stereocenters. The molecule has 0 spiro atoms. The smallest absolute Gasteiger partial charge is 0.240 e. The SMILES string of the molecule is NCc1nc(-c2cc(Br)cc(O)c2O)no1. The van der Waals surface area contributed by atoms with Gasteiger partial charge >= 0.3 is 0 Å². The number of aromatic hydroxyl groups is 2. The predicted octanol–water partition coefficient (Wildman–Crippen LogP) is 1.37. The summed E-state index contributed by atoms with van der Waals surface area (Å²) in [7, 11) is 0. The van der Waals surface area contributed by atoms with Crippen molar-refractivity contribution in [2.24, 2.45) is 5.73 Å². The highest BCUT2D eigenvalue weighted by molar-refractivity contribution is 9.10. The fraction of sp³-hybridized carbons (Fsp3) is 0.111. The largest absolute Gasteiger partial charge is 0.504 e. The van der Waals surface area contributed by atoms with Crippen LogP contribution in [0.15, 0.2) is 21.1 Å². The van der Waals surface area contributed by atoms with Crippen LogP contribution < -0.4 is 5.73 Å². The first-order valence-corrected chi connectivity index (χ1v) is 5.15. The third kappa shape index (κ3) is 1.86. The van der Waals surface area contributed by atoms with Gasteiger partial charge in [0.2, 0.25) is 11.7 Å². The van der Waals surface area contributed by atoms with E-state index in [9.17, 15) is 10.2 Å². The number of nitrogens with zero attached hydrogens (tertiary/aromatic N) is 2. The Morgan fingerprint density at radius 2 is 2.12 bits per heavy atom. The van der Waals surface area contributed by atoms with Crippen LogP contribution in [-0.4, -0.2) is 20.4 Å². The van der Waals surface area contributed by atoms with Gasteiger partial charge in [-0.2, -0.15) is 4.98 Å². The van der Waals surface area contributed by atoms with Gasteiger partial charge in [0.1, 0.15) is 0 Å². The number of phenolic OH excluding ortho intramolecular Hbond substituents is 2. The van der Waals surface area contributed by atoms with Crippen LogP contribution in [0.4, 0.5) is 0 Å². The molecule has 0 radical (unpaired) electrons. The second kappa shape index (κ2) is 4.11. The second-order valence-corrected chi connectivity index (χ2v) is 3.95. The van der Waals surface area contributed by atoms with Crippen LogP contribution in [0.2, 0.25) is 0 Å². The molecule has 2 aromatic rings. The van der Waals surface area contributed by atoms with Gasteiger partial charge in [-0.3, -0.25) is 0 Å². The number of halogens is 1. The number of hydrogen-bond acceptors (Lipinski definition) is 6. The van der Waals surface area contributed by atoms with Gasteiger partial charge in [-0.25, -0.2) is 0 Å². The van der Waals surface area contributed by atoms with Crippen molar-refractivity contribution in [3.05, 3.63) is 22.5 Å². The zero-order chi connectivity index (χ0) is 11.7. The fourth-order valence-electron chi connectivity index (χ4n) is 1.20. The van der Waals surface area contributed by atoms with Crippen LogP contribution in [0, 0.1) is 0 Å². The molecule has 1 aromatic heterocycles. The molecule has 0 saturated heterocycles. The third-order valence-electron chi connectivity index (χ3n) is 1.94. The van der Waals surface area contributed by atoms with Crippen molar-refractivity contribution < 1.29 is 14.7 Å². The lowest BCUT2D eigenvalue weighted by molar-refractivity contribution is 0.379. The Balaban J connectivity index is 2.54. The molecule has 0 aliphatic carbocycles. The molecule has 0 amide bonds. The molecular weight excluding hydrogens is 278 g/mol. The van der Waals surface area contributed by atoms with E-state index < -0.39 is 0 Å². The molecule has 1 aromatic carbocycles. The lowest BCUT2D eigenvalue weighted by Crippen LogP contribution is -1.95. The quantitative estimate of drug-likeness (QED) is 0.720. The third-order valence-corrected chi connectivity index (χ3v) is 2.40. The van der Waals surface area contributed by atoms with Crippen molar-refractivity contribution in [2.45, 2.75) is 6.54 Å². The van der Waals surface area contributed by atoms with Gasteiger partial charge in [-0.05, 0) is 12.1 Å². The molecule has 0 saturated carbocycles. The van der Waals surface area contributed by atoms with E-state index >= 15 is 0 Å². The minimum atomic E-state index is -0.299. The summed E-state index contributed by atoms with van der Waals surface area (Å²) in [6, 6.07) is 2.93. The maximum absolute atomic E-state index is 9.63. The Bertz CT molecular complexity index is 527. The predicted molar refractivity (Wildman–Crippen MR) is 58.7 cm³/mol. The summed E-state index contributed by atoms with van der Waals surface area (Å²) < 4.78 is 5.40. The standard InChI is InChI=1S/C9H8BrN3O3/c10-4-1-5(8(15)6(14)2-4)9-12-7(3-11)16-13-9/h1-2,14-15H,3,11H2. The lowest BCUT2D eigenvalue weighted by atomic mass is 10.2. The number of rotatable bonds is 2. The highest BCUT2D eigenvalue weighted by atomic mass is 79.9. The van der Waals surface area contributed by atoms with E-state index in [-0.39, 0.29) is 35.3 Å². The maximum atomic E-state index is 9.63. The van der Waals surface area contributed by atoms with Crippen LogP contribution in [0.5, 0.6) is 11.5 Å². The van der Waals surface area contributed by atoms with Gasteiger partial charge in [-0.15, -0.1) is 0 Å². The van der Waals surface area contributed by atoms with Crippen molar-refractivity contribution in [1.29, 1.82) is 0 Å². The van der Waals surface area contributed by atoms with E-state index in [4.69, 9.17) is 10.3 Å². The Hall–Kier alpha value is -1.60. The Kier molecular flexibility index (Phi) is 2.80. The van der Waals surface area contributed by atoms with Gasteiger partial charge in [0.25, 0.3) is 0 Å². The molecule has 16 heavy (non-hydrogen) atoms. The molecule has 1 heterocycles. The molecular formula is C9H8BrN3O3. The highest BCUT2D eigenvalue weighted by Crippen LogP contribution is 2.37. The van der Waals surface area contributed by atoms with Crippen LogP contribution in [0.25, 0.3) is 11.4 Å². The van der Waals surface area contributed by atoms with Gasteiger partial charge in [0.05, 0.1) is 12.1 Å². The molecule has 0 unspecified atom stereocenters. The summed E-state index contributed by atoms with van der Waals surface area (Å²) >= 11 is 3.19. The Morgan fingerprint density at radius 1 is 1.38 bits per heavy atom. The fourth-order valence-corrected chi connectivity index (χ4v) is 1.65. The van der Waals surface area contributed by atoms with Crippen molar-refractivity contribution in [1.82, 2.24) is 10.1 Å². The van der Waals surface area contributed by atoms with Gasteiger partial charge in [0, 0.05) is 4.47 Å². The molecule has 7 heteroatoms. The van der Waals surface area contributed by atoms with E-state index in [2.05, 4.69) is 26.1 Å². The van der Waals surface area contributed by atoms with Crippen molar-refractivity contribution >= 4 is 15.9 Å². The van der Waals surface area contributed by atoms with E-state index in [1.54, 1.807) is 6.07 Å². The molecule has 4 N–H and O–H groups in total. The Morgan fingerprint density at radius 3 is 2.75 bits per heavy atom. The highest BCUT2D eigenvalue weighted by Gasteiger charge is 2.15. The van der Waals surface area contributed by atoms with Crippen LogP contribution >= 0.6 is 15.9 Å². The van der Waals surface area contributed by atoms with Crippen LogP contribution in [0.3, 0.4) is 0 Å². The minimum absolute atomic E-state index is 0.119. The summed E-state index contributed by atoms with van der Waals surface area (Å²) in [5.41, 5.74) is 5.60. The van der Waals surface area contributed by atoms with Gasteiger partial charge < -0.3 is 20.5 Å². The van der Waals surface area contributed by atoms with E-state index in [0.29, 0.717) is 4.47 Å². The number of benzene rings is 1. The first kappa shape index (κ1) is 10.9. The average molecular weight is 286 g/mol. The van der Waals surface area contributed by atoms with E-state index in [1.807, 2.05) is 0 Å². The second-order valence-electron chi connectivity index (χ2n) is 3.04. The molecule has 6 nitrogen and oxygen atoms in total. The molecule has 0 bridgehead atoms. The normalized spacial score (nSPS) is 10.6. The van der Waals surface area contributed by atoms with E-state index in [0.717, 1.165) is 0 Å². The summed E-state index contributed by atoms with van der Waals surface area (Å²) in [5, 5.41) is 22.7. The monoisotopic (exact) mass is 285 g/mol. The summed E-state index contributed by atoms with van der Waals surface area (Å²) in [6.07, 6.45) is 0. The molecule has 2 rings (SSSR count). The topological polar surface area (TPSA) is 105 Å².